The quantitative estimate of drug-likeness (QED) is 0.725. The highest BCUT2D eigenvalue weighted by Crippen LogP contribution is 2.21. The lowest BCUT2D eigenvalue weighted by Crippen LogP contribution is -2.43. The predicted molar refractivity (Wildman–Crippen MR) is 70.4 cm³/mol. The summed E-state index contributed by atoms with van der Waals surface area (Å²) in [4.78, 5) is 24.4. The summed E-state index contributed by atoms with van der Waals surface area (Å²) in [6.45, 7) is 1.93. The number of aryl methyl sites for hydroxylation is 2. The largest absolute Gasteiger partial charge is 0.480 e. The SMILES string of the molecule is CCc1nn(C)cc1NC(=O)N1C[C@@H](O)C[C@H]1C(=O)O. The monoisotopic (exact) mass is 282 g/mol. The van der Waals surface area contributed by atoms with Crippen LogP contribution >= 0.6 is 0 Å². The molecule has 0 spiro atoms. The number of aromatic nitrogens is 2. The van der Waals surface area contributed by atoms with Crippen molar-refractivity contribution in [3.63, 3.8) is 0 Å². The van der Waals surface area contributed by atoms with Crippen molar-refractivity contribution in [2.45, 2.75) is 31.9 Å². The van der Waals surface area contributed by atoms with Crippen molar-refractivity contribution in [1.82, 2.24) is 14.7 Å². The second-order valence-electron chi connectivity index (χ2n) is 4.84. The van der Waals surface area contributed by atoms with Gasteiger partial charge in [-0.15, -0.1) is 0 Å². The molecule has 1 aromatic rings. The van der Waals surface area contributed by atoms with Crippen LogP contribution in [0.4, 0.5) is 10.5 Å². The maximum Gasteiger partial charge on any atom is 0.326 e. The molecule has 110 valence electrons. The normalized spacial score (nSPS) is 22.1. The first kappa shape index (κ1) is 14.3. The Balaban J connectivity index is 2.13. The molecule has 0 saturated carbocycles. The number of hydrogen-bond acceptors (Lipinski definition) is 4. The van der Waals surface area contributed by atoms with E-state index in [0.29, 0.717) is 12.1 Å². The lowest BCUT2D eigenvalue weighted by molar-refractivity contribution is -0.141. The highest BCUT2D eigenvalue weighted by molar-refractivity contribution is 5.93. The molecule has 8 nitrogen and oxygen atoms in total. The topological polar surface area (TPSA) is 108 Å². The summed E-state index contributed by atoms with van der Waals surface area (Å²) in [5.74, 6) is -1.11. The van der Waals surface area contributed by atoms with Crippen molar-refractivity contribution in [3.05, 3.63) is 11.9 Å². The highest BCUT2D eigenvalue weighted by Gasteiger charge is 2.39. The number of hydrogen-bond donors (Lipinski definition) is 3. The summed E-state index contributed by atoms with van der Waals surface area (Å²) in [7, 11) is 1.74. The Morgan fingerprint density at radius 1 is 1.55 bits per heavy atom. The Kier molecular flexibility index (Phi) is 3.93. The Morgan fingerprint density at radius 3 is 2.85 bits per heavy atom. The first-order valence-electron chi connectivity index (χ1n) is 6.43. The van der Waals surface area contributed by atoms with Gasteiger partial charge >= 0.3 is 12.0 Å². The van der Waals surface area contributed by atoms with Crippen LogP contribution in [0.2, 0.25) is 0 Å². The lowest BCUT2D eigenvalue weighted by Gasteiger charge is -2.21. The van der Waals surface area contributed by atoms with E-state index < -0.39 is 24.1 Å². The first-order chi connectivity index (χ1) is 9.42. The van der Waals surface area contributed by atoms with E-state index in [1.807, 2.05) is 6.92 Å². The molecule has 0 unspecified atom stereocenters. The Hall–Kier alpha value is -2.09. The molecule has 2 heterocycles. The number of β-amino-alcohol motifs (C(OH)–C–C–N with tert-alkyl or cyclic N) is 1. The first-order valence-corrected chi connectivity index (χ1v) is 6.43. The minimum absolute atomic E-state index is 0.0184. The second-order valence-corrected chi connectivity index (χ2v) is 4.84. The minimum Gasteiger partial charge on any atom is -0.480 e. The summed E-state index contributed by atoms with van der Waals surface area (Å²) in [5.41, 5.74) is 1.29. The van der Waals surface area contributed by atoms with Crippen molar-refractivity contribution in [3.8, 4) is 0 Å². The fourth-order valence-corrected chi connectivity index (χ4v) is 2.36. The molecule has 2 amide bonds. The molecule has 2 rings (SSSR count). The van der Waals surface area contributed by atoms with Gasteiger partial charge in [-0.05, 0) is 6.42 Å². The fraction of sp³-hybridized carbons (Fsp3) is 0.583. The van der Waals surface area contributed by atoms with Gasteiger partial charge < -0.3 is 20.4 Å². The van der Waals surface area contributed by atoms with Gasteiger partial charge in [-0.2, -0.15) is 5.10 Å². The van der Waals surface area contributed by atoms with Crippen LogP contribution in [0, 0.1) is 0 Å². The number of carbonyl (C=O) groups excluding carboxylic acids is 1. The number of rotatable bonds is 3. The Labute approximate surface area is 116 Å². The van der Waals surface area contributed by atoms with Gasteiger partial charge in [0.2, 0.25) is 0 Å². The zero-order valence-corrected chi connectivity index (χ0v) is 11.4. The number of nitrogens with zero attached hydrogens (tertiary/aromatic N) is 3. The van der Waals surface area contributed by atoms with Gasteiger partial charge in [0.05, 0.1) is 17.5 Å². The number of anilines is 1. The van der Waals surface area contributed by atoms with Gasteiger partial charge in [0.15, 0.2) is 0 Å². The smallest absolute Gasteiger partial charge is 0.326 e. The Morgan fingerprint density at radius 2 is 2.25 bits per heavy atom. The summed E-state index contributed by atoms with van der Waals surface area (Å²) in [6.07, 6.45) is 1.57. The number of aliphatic hydroxyl groups is 1. The van der Waals surface area contributed by atoms with Crippen LogP contribution < -0.4 is 5.32 Å². The van der Waals surface area contributed by atoms with Gasteiger partial charge in [-0.1, -0.05) is 6.92 Å². The van der Waals surface area contributed by atoms with Crippen molar-refractivity contribution in [2.75, 3.05) is 11.9 Å². The van der Waals surface area contributed by atoms with Crippen LogP contribution in [0.3, 0.4) is 0 Å². The third kappa shape index (κ3) is 2.74. The zero-order valence-electron chi connectivity index (χ0n) is 11.4. The number of amides is 2. The molecule has 3 N–H and O–H groups in total. The zero-order chi connectivity index (χ0) is 14.9. The molecule has 1 saturated heterocycles. The third-order valence-electron chi connectivity index (χ3n) is 3.31. The number of aliphatic carboxylic acids is 1. The van der Waals surface area contributed by atoms with Gasteiger partial charge in [-0.25, -0.2) is 9.59 Å². The van der Waals surface area contributed by atoms with Crippen LogP contribution in [-0.2, 0) is 18.3 Å². The molecule has 8 heteroatoms. The molecular weight excluding hydrogens is 264 g/mol. The van der Waals surface area contributed by atoms with Crippen molar-refractivity contribution in [2.24, 2.45) is 7.05 Å². The highest BCUT2D eigenvalue weighted by atomic mass is 16.4. The van der Waals surface area contributed by atoms with E-state index in [0.717, 1.165) is 10.6 Å². The van der Waals surface area contributed by atoms with Crippen molar-refractivity contribution < 1.29 is 19.8 Å². The van der Waals surface area contributed by atoms with E-state index in [-0.39, 0.29) is 13.0 Å². The second kappa shape index (κ2) is 5.49. The van der Waals surface area contributed by atoms with Gasteiger partial charge in [-0.3, -0.25) is 4.68 Å². The molecule has 1 aromatic heterocycles. The van der Waals surface area contributed by atoms with Gasteiger partial charge in [0.25, 0.3) is 0 Å². The van der Waals surface area contributed by atoms with E-state index in [1.165, 1.54) is 0 Å². The molecule has 1 aliphatic rings. The van der Waals surface area contributed by atoms with Crippen LogP contribution in [-0.4, -0.2) is 55.6 Å². The predicted octanol–water partition coefficient (Wildman–Crippen LogP) is 0.0342. The maximum absolute atomic E-state index is 12.2. The molecular formula is C12H18N4O4. The molecule has 2 atom stereocenters. The maximum atomic E-state index is 12.2. The summed E-state index contributed by atoms with van der Waals surface area (Å²) in [6, 6.07) is -1.52. The number of aliphatic hydroxyl groups excluding tert-OH is 1. The molecule has 1 fully saturated rings. The Bertz CT molecular complexity index is 528. The molecule has 0 aromatic carbocycles. The minimum atomic E-state index is -1.11. The number of nitrogens with one attached hydrogen (secondary N) is 1. The molecule has 20 heavy (non-hydrogen) atoms. The molecule has 1 aliphatic heterocycles. The molecule has 0 aliphatic carbocycles. The molecule has 0 bridgehead atoms. The van der Waals surface area contributed by atoms with Crippen LogP contribution in [0.5, 0.6) is 0 Å². The van der Waals surface area contributed by atoms with Crippen LogP contribution in [0.1, 0.15) is 19.0 Å². The van der Waals surface area contributed by atoms with E-state index in [9.17, 15) is 14.7 Å². The average Bonchev–Trinajstić information content (AvgIpc) is 2.92. The van der Waals surface area contributed by atoms with E-state index in [4.69, 9.17) is 5.11 Å². The summed E-state index contributed by atoms with van der Waals surface area (Å²) < 4.78 is 1.59. The number of likely N-dealkylation sites (tertiary alicyclic amines) is 1. The van der Waals surface area contributed by atoms with Crippen molar-refractivity contribution in [1.29, 1.82) is 0 Å². The number of carboxylic acids is 1. The molecule has 0 radical (unpaired) electrons. The third-order valence-corrected chi connectivity index (χ3v) is 3.31. The number of carboxylic acid groups (broad SMARTS) is 1. The summed E-state index contributed by atoms with van der Waals surface area (Å²) >= 11 is 0. The standard InChI is InChI=1S/C12H18N4O4/c1-3-8-9(6-15(2)14-8)13-12(20)16-5-7(17)4-10(16)11(18)19/h6-7,10,17H,3-5H2,1-2H3,(H,13,20)(H,18,19)/t7-,10-/m0/s1. The fourth-order valence-electron chi connectivity index (χ4n) is 2.36. The van der Waals surface area contributed by atoms with Crippen LogP contribution in [0.15, 0.2) is 6.20 Å². The number of carbonyl (C=O) groups is 2. The number of urea groups is 1. The van der Waals surface area contributed by atoms with E-state index >= 15 is 0 Å². The van der Waals surface area contributed by atoms with E-state index in [1.54, 1.807) is 17.9 Å². The lowest BCUT2D eigenvalue weighted by atomic mass is 10.2. The van der Waals surface area contributed by atoms with Gasteiger partial charge in [0.1, 0.15) is 6.04 Å². The van der Waals surface area contributed by atoms with Gasteiger partial charge in [0, 0.05) is 26.2 Å². The average molecular weight is 282 g/mol. The van der Waals surface area contributed by atoms with Crippen LogP contribution in [0.25, 0.3) is 0 Å². The van der Waals surface area contributed by atoms with E-state index in [2.05, 4.69) is 10.4 Å². The van der Waals surface area contributed by atoms with Crippen molar-refractivity contribution >= 4 is 17.7 Å². The summed E-state index contributed by atoms with van der Waals surface area (Å²) in [5, 5.41) is 25.5.